The second-order valence-electron chi connectivity index (χ2n) is 6.71. The lowest BCUT2D eigenvalue weighted by molar-refractivity contribution is 0.0705. The van der Waals surface area contributed by atoms with Crippen LogP contribution >= 0.6 is 12.4 Å². The lowest BCUT2D eigenvalue weighted by atomic mass is 10.0. The molecule has 1 aliphatic heterocycles. The van der Waals surface area contributed by atoms with Gasteiger partial charge in [-0.25, -0.2) is 8.42 Å². The molecule has 1 amide bonds. The number of carbonyl (C=O) groups excluding carboxylic acids is 1. The molecule has 0 spiro atoms. The zero-order valence-electron chi connectivity index (χ0n) is 13.9. The normalized spacial score (nSPS) is 19.0. The Kier molecular flexibility index (Phi) is 6.28. The summed E-state index contributed by atoms with van der Waals surface area (Å²) in [5.74, 6) is 0.869. The fraction of sp³-hybridized carbons (Fsp3) is 0.588. The number of nitrogens with zero attached hydrogens (tertiary/aromatic N) is 1. The average molecular weight is 373 g/mol. The Morgan fingerprint density at radius 3 is 2.21 bits per heavy atom. The molecule has 0 bridgehead atoms. The van der Waals surface area contributed by atoms with Gasteiger partial charge in [-0.3, -0.25) is 4.79 Å². The average Bonchev–Trinajstić information content (AvgIpc) is 3.36. The van der Waals surface area contributed by atoms with Gasteiger partial charge in [-0.1, -0.05) is 0 Å². The largest absolute Gasteiger partial charge is 0.339 e. The van der Waals surface area contributed by atoms with E-state index in [9.17, 15) is 13.2 Å². The van der Waals surface area contributed by atoms with Gasteiger partial charge in [0.2, 0.25) is 0 Å². The number of piperidine rings is 1. The van der Waals surface area contributed by atoms with E-state index in [0.29, 0.717) is 11.6 Å². The minimum Gasteiger partial charge on any atom is -0.339 e. The first-order chi connectivity index (χ1) is 10.9. The van der Waals surface area contributed by atoms with Crippen molar-refractivity contribution in [2.75, 3.05) is 25.9 Å². The molecule has 1 heterocycles. The Morgan fingerprint density at radius 1 is 1.12 bits per heavy atom. The van der Waals surface area contributed by atoms with Crippen LogP contribution in [0.4, 0.5) is 0 Å². The summed E-state index contributed by atoms with van der Waals surface area (Å²) in [5, 5.41) is 3.60. The van der Waals surface area contributed by atoms with E-state index in [-0.39, 0.29) is 23.2 Å². The van der Waals surface area contributed by atoms with Crippen molar-refractivity contribution in [3.05, 3.63) is 29.8 Å². The monoisotopic (exact) mass is 372 g/mol. The third kappa shape index (κ3) is 4.94. The SMILES string of the molecule is CS(=O)(=O)c1ccc(C(=O)N2CCC(NCC3CC3)CC2)cc1.Cl. The first kappa shape index (κ1) is 19.2. The van der Waals surface area contributed by atoms with Gasteiger partial charge in [-0.05, 0) is 62.4 Å². The lowest BCUT2D eigenvalue weighted by Crippen LogP contribution is -2.45. The number of hydrogen-bond donors (Lipinski definition) is 1. The summed E-state index contributed by atoms with van der Waals surface area (Å²) < 4.78 is 22.9. The molecular weight excluding hydrogens is 348 g/mol. The van der Waals surface area contributed by atoms with E-state index in [2.05, 4.69) is 5.32 Å². The zero-order valence-corrected chi connectivity index (χ0v) is 15.5. The van der Waals surface area contributed by atoms with Crippen LogP contribution in [0.5, 0.6) is 0 Å². The van der Waals surface area contributed by atoms with Crippen LogP contribution in [0.15, 0.2) is 29.2 Å². The van der Waals surface area contributed by atoms with Crippen LogP contribution in [0.3, 0.4) is 0 Å². The standard InChI is InChI=1S/C17H24N2O3S.ClH/c1-23(21,22)16-6-4-14(5-7-16)17(20)19-10-8-15(9-11-19)18-12-13-2-3-13;/h4-7,13,15,18H,2-3,8-12H2,1H3;1H. The number of halogens is 1. The maximum Gasteiger partial charge on any atom is 0.253 e. The quantitative estimate of drug-likeness (QED) is 0.859. The molecule has 0 aromatic heterocycles. The van der Waals surface area contributed by atoms with Crippen LogP contribution in [0, 0.1) is 5.92 Å². The van der Waals surface area contributed by atoms with Gasteiger partial charge in [0.25, 0.3) is 5.91 Å². The number of carbonyl (C=O) groups is 1. The third-order valence-corrected chi connectivity index (χ3v) is 5.83. The number of amides is 1. The van der Waals surface area contributed by atoms with Crippen molar-refractivity contribution in [3.63, 3.8) is 0 Å². The van der Waals surface area contributed by atoms with Gasteiger partial charge >= 0.3 is 0 Å². The van der Waals surface area contributed by atoms with Crippen molar-refractivity contribution >= 4 is 28.2 Å². The number of benzene rings is 1. The van der Waals surface area contributed by atoms with E-state index in [1.807, 2.05) is 4.90 Å². The molecule has 0 unspecified atom stereocenters. The molecule has 2 aliphatic rings. The first-order valence-corrected chi connectivity index (χ1v) is 10.2. The van der Waals surface area contributed by atoms with Gasteiger partial charge < -0.3 is 10.2 Å². The molecule has 3 rings (SSSR count). The highest BCUT2D eigenvalue weighted by molar-refractivity contribution is 7.90. The molecule has 24 heavy (non-hydrogen) atoms. The maximum absolute atomic E-state index is 12.5. The van der Waals surface area contributed by atoms with Crippen LogP contribution in [0.25, 0.3) is 0 Å². The van der Waals surface area contributed by atoms with Gasteiger partial charge in [0.05, 0.1) is 4.90 Å². The summed E-state index contributed by atoms with van der Waals surface area (Å²) in [6.07, 6.45) is 5.85. The number of sulfone groups is 1. The highest BCUT2D eigenvalue weighted by atomic mass is 35.5. The Balaban J connectivity index is 0.00000208. The molecule has 1 aromatic rings. The topological polar surface area (TPSA) is 66.5 Å². The lowest BCUT2D eigenvalue weighted by Gasteiger charge is -2.32. The van der Waals surface area contributed by atoms with Crippen molar-refractivity contribution in [3.8, 4) is 0 Å². The van der Waals surface area contributed by atoms with Gasteiger partial charge in [-0.15, -0.1) is 12.4 Å². The molecule has 1 saturated carbocycles. The summed E-state index contributed by atoms with van der Waals surface area (Å²) in [6, 6.07) is 6.75. The highest BCUT2D eigenvalue weighted by Gasteiger charge is 2.26. The molecule has 7 heteroatoms. The molecule has 134 valence electrons. The van der Waals surface area contributed by atoms with Gasteiger partial charge in [0, 0.05) is 31.0 Å². The number of rotatable bonds is 5. The second-order valence-corrected chi connectivity index (χ2v) is 8.73. The summed E-state index contributed by atoms with van der Waals surface area (Å²) >= 11 is 0. The third-order valence-electron chi connectivity index (χ3n) is 4.70. The Labute approximate surface area is 150 Å². The number of hydrogen-bond acceptors (Lipinski definition) is 4. The predicted octanol–water partition coefficient (Wildman–Crippen LogP) is 2.12. The smallest absolute Gasteiger partial charge is 0.253 e. The predicted molar refractivity (Wildman–Crippen MR) is 96.5 cm³/mol. The summed E-state index contributed by atoms with van der Waals surface area (Å²) in [5.41, 5.74) is 0.557. The zero-order chi connectivity index (χ0) is 16.4. The van der Waals surface area contributed by atoms with E-state index in [1.165, 1.54) is 31.2 Å². The Morgan fingerprint density at radius 2 is 1.71 bits per heavy atom. The van der Waals surface area contributed by atoms with Gasteiger partial charge in [-0.2, -0.15) is 0 Å². The van der Waals surface area contributed by atoms with Crippen LogP contribution in [0.2, 0.25) is 0 Å². The van der Waals surface area contributed by atoms with E-state index < -0.39 is 9.84 Å². The maximum atomic E-state index is 12.5. The minimum atomic E-state index is -3.22. The van der Waals surface area contributed by atoms with E-state index in [4.69, 9.17) is 0 Å². The van der Waals surface area contributed by atoms with E-state index >= 15 is 0 Å². The van der Waals surface area contributed by atoms with Crippen molar-refractivity contribution in [2.24, 2.45) is 5.92 Å². The van der Waals surface area contributed by atoms with Gasteiger partial charge in [0.1, 0.15) is 0 Å². The van der Waals surface area contributed by atoms with Crippen molar-refractivity contribution in [1.82, 2.24) is 10.2 Å². The fourth-order valence-electron chi connectivity index (χ4n) is 2.97. The van der Waals surface area contributed by atoms with Crippen LogP contribution in [0.1, 0.15) is 36.0 Å². The molecule has 0 radical (unpaired) electrons. The van der Waals surface area contributed by atoms with Crippen LogP contribution < -0.4 is 5.32 Å². The van der Waals surface area contributed by atoms with Crippen molar-refractivity contribution in [2.45, 2.75) is 36.6 Å². The molecule has 1 saturated heterocycles. The van der Waals surface area contributed by atoms with Crippen LogP contribution in [-0.4, -0.2) is 51.2 Å². The molecule has 1 aliphatic carbocycles. The highest BCUT2D eigenvalue weighted by Crippen LogP contribution is 2.28. The molecule has 5 nitrogen and oxygen atoms in total. The van der Waals surface area contributed by atoms with Crippen molar-refractivity contribution < 1.29 is 13.2 Å². The second kappa shape index (κ2) is 7.85. The molecule has 1 aromatic carbocycles. The Bertz CT molecular complexity index is 664. The minimum absolute atomic E-state index is 0. The molecule has 2 fully saturated rings. The summed E-state index contributed by atoms with van der Waals surface area (Å²) in [7, 11) is -3.22. The first-order valence-electron chi connectivity index (χ1n) is 8.26. The Hall–Kier alpha value is -1.11. The molecule has 0 atom stereocenters. The van der Waals surface area contributed by atoms with Crippen LogP contribution in [-0.2, 0) is 9.84 Å². The fourth-order valence-corrected chi connectivity index (χ4v) is 3.60. The molecular formula is C17H25ClN2O3S. The van der Waals surface area contributed by atoms with Crippen molar-refractivity contribution in [1.29, 1.82) is 0 Å². The van der Waals surface area contributed by atoms with E-state index in [0.717, 1.165) is 38.4 Å². The molecule has 1 N–H and O–H groups in total. The summed E-state index contributed by atoms with van der Waals surface area (Å²) in [6.45, 7) is 2.63. The van der Waals surface area contributed by atoms with E-state index in [1.54, 1.807) is 12.1 Å². The number of nitrogens with one attached hydrogen (secondary N) is 1. The number of likely N-dealkylation sites (tertiary alicyclic amines) is 1. The summed E-state index contributed by atoms with van der Waals surface area (Å²) in [4.78, 5) is 14.6. The van der Waals surface area contributed by atoms with Gasteiger partial charge in [0.15, 0.2) is 9.84 Å².